The highest BCUT2D eigenvalue weighted by Crippen LogP contribution is 2.23. The Balaban J connectivity index is 1.64. The molecule has 3 aromatic heterocycles. The number of halogens is 2. The third-order valence-electron chi connectivity index (χ3n) is 4.80. The van der Waals surface area contributed by atoms with Crippen LogP contribution in [0.3, 0.4) is 0 Å². The Labute approximate surface area is 181 Å². The summed E-state index contributed by atoms with van der Waals surface area (Å²) in [6, 6.07) is 10.0. The van der Waals surface area contributed by atoms with Crippen LogP contribution in [0.4, 0.5) is 16.2 Å². The summed E-state index contributed by atoms with van der Waals surface area (Å²) < 4.78 is 16.8. The number of aliphatic hydroxyl groups excluding tert-OH is 1. The molecule has 2 N–H and O–H groups in total. The van der Waals surface area contributed by atoms with Crippen molar-refractivity contribution >= 4 is 23.4 Å². The van der Waals surface area contributed by atoms with E-state index in [4.69, 9.17) is 11.6 Å². The number of aliphatic hydroxyl groups is 1. The van der Waals surface area contributed by atoms with Gasteiger partial charge >= 0.3 is 0 Å². The smallest absolute Gasteiger partial charge is 0.251 e. The van der Waals surface area contributed by atoms with Gasteiger partial charge < -0.3 is 15.0 Å². The molecule has 3 heterocycles. The molecule has 158 valence electrons. The molecular formula is C21H18ClFN6O2. The Morgan fingerprint density at radius 2 is 2.03 bits per heavy atom. The normalized spacial score (nSPS) is 12.0. The lowest BCUT2D eigenvalue weighted by atomic mass is 10.1. The highest BCUT2D eigenvalue weighted by atomic mass is 35.5. The average Bonchev–Trinajstić information content (AvgIpc) is 3.16. The number of anilines is 2. The minimum Gasteiger partial charge on any atom is -0.394 e. The molecule has 8 nitrogen and oxygen atoms in total. The van der Waals surface area contributed by atoms with Gasteiger partial charge in [-0.3, -0.25) is 9.48 Å². The SMILES string of the molecule is Cn1nccc1Nc1nccc(-c2ccn([C@@H](CO)c3ccc(Cl)c(F)c3)c(=O)c2)n1. The Morgan fingerprint density at radius 1 is 1.19 bits per heavy atom. The molecular weight excluding hydrogens is 423 g/mol. The predicted molar refractivity (Wildman–Crippen MR) is 115 cm³/mol. The number of nitrogens with one attached hydrogen (secondary N) is 1. The van der Waals surface area contributed by atoms with Gasteiger partial charge in [0.05, 0.1) is 29.6 Å². The van der Waals surface area contributed by atoms with Gasteiger partial charge in [-0.25, -0.2) is 14.4 Å². The van der Waals surface area contributed by atoms with Crippen molar-refractivity contribution in [3.05, 3.63) is 87.8 Å². The first-order valence-electron chi connectivity index (χ1n) is 9.32. The molecule has 31 heavy (non-hydrogen) atoms. The lowest BCUT2D eigenvalue weighted by Crippen LogP contribution is -2.27. The van der Waals surface area contributed by atoms with Gasteiger partial charge in [0.15, 0.2) is 0 Å². The maximum absolute atomic E-state index is 13.8. The van der Waals surface area contributed by atoms with Gasteiger partial charge in [-0.15, -0.1) is 0 Å². The summed E-state index contributed by atoms with van der Waals surface area (Å²) in [5, 5.41) is 16.9. The zero-order valence-corrected chi connectivity index (χ0v) is 17.2. The highest BCUT2D eigenvalue weighted by molar-refractivity contribution is 6.30. The van der Waals surface area contributed by atoms with Crippen LogP contribution in [-0.2, 0) is 7.05 Å². The third kappa shape index (κ3) is 4.32. The van der Waals surface area contributed by atoms with Crippen molar-refractivity contribution in [2.24, 2.45) is 7.05 Å². The van der Waals surface area contributed by atoms with Crippen LogP contribution in [0, 0.1) is 5.82 Å². The van der Waals surface area contributed by atoms with Gasteiger partial charge in [0.1, 0.15) is 11.6 Å². The second kappa shape index (κ2) is 8.66. The minimum absolute atomic E-state index is 0.0255. The molecule has 0 saturated carbocycles. The molecule has 4 aromatic rings. The topological polar surface area (TPSA) is 97.9 Å². The fraction of sp³-hybridized carbons (Fsp3) is 0.143. The van der Waals surface area contributed by atoms with Crippen LogP contribution in [-0.4, -0.2) is 36.0 Å². The van der Waals surface area contributed by atoms with E-state index in [0.29, 0.717) is 28.6 Å². The van der Waals surface area contributed by atoms with Crippen molar-refractivity contribution in [2.75, 3.05) is 11.9 Å². The first-order chi connectivity index (χ1) is 15.0. The van der Waals surface area contributed by atoms with Crippen molar-refractivity contribution in [3.8, 4) is 11.3 Å². The molecule has 0 saturated heterocycles. The van der Waals surface area contributed by atoms with Gasteiger partial charge in [0, 0.05) is 37.1 Å². The third-order valence-corrected chi connectivity index (χ3v) is 5.10. The van der Waals surface area contributed by atoms with Crippen molar-refractivity contribution in [3.63, 3.8) is 0 Å². The van der Waals surface area contributed by atoms with E-state index in [9.17, 15) is 14.3 Å². The second-order valence-corrected chi connectivity index (χ2v) is 7.17. The van der Waals surface area contributed by atoms with E-state index >= 15 is 0 Å². The zero-order valence-electron chi connectivity index (χ0n) is 16.4. The lowest BCUT2D eigenvalue weighted by molar-refractivity contribution is 0.247. The first kappa shape index (κ1) is 20.7. The maximum Gasteiger partial charge on any atom is 0.251 e. The van der Waals surface area contributed by atoms with Gasteiger partial charge in [0.25, 0.3) is 5.56 Å². The maximum atomic E-state index is 13.8. The van der Waals surface area contributed by atoms with Crippen LogP contribution >= 0.6 is 11.6 Å². The van der Waals surface area contributed by atoms with Crippen molar-refractivity contribution in [1.82, 2.24) is 24.3 Å². The fourth-order valence-corrected chi connectivity index (χ4v) is 3.29. The molecule has 0 aliphatic heterocycles. The molecule has 1 atom stereocenters. The minimum atomic E-state index is -0.749. The molecule has 0 spiro atoms. The fourth-order valence-electron chi connectivity index (χ4n) is 3.17. The molecule has 0 radical (unpaired) electrons. The zero-order chi connectivity index (χ0) is 22.0. The van der Waals surface area contributed by atoms with Crippen LogP contribution in [0.5, 0.6) is 0 Å². The van der Waals surface area contributed by atoms with E-state index in [0.717, 1.165) is 0 Å². The summed E-state index contributed by atoms with van der Waals surface area (Å²) in [6.07, 6.45) is 4.77. The number of pyridine rings is 1. The first-order valence-corrected chi connectivity index (χ1v) is 9.70. The number of aryl methyl sites for hydroxylation is 1. The predicted octanol–water partition coefficient (Wildman–Crippen LogP) is 3.16. The van der Waals surface area contributed by atoms with E-state index < -0.39 is 11.9 Å². The number of rotatable bonds is 6. The van der Waals surface area contributed by atoms with E-state index in [2.05, 4.69) is 20.4 Å². The van der Waals surface area contributed by atoms with Crippen molar-refractivity contribution in [1.29, 1.82) is 0 Å². The summed E-state index contributed by atoms with van der Waals surface area (Å²) >= 11 is 5.73. The van der Waals surface area contributed by atoms with E-state index in [1.807, 2.05) is 0 Å². The van der Waals surface area contributed by atoms with Crippen LogP contribution < -0.4 is 10.9 Å². The number of aromatic nitrogens is 5. The standard InChI is InChI=1S/C21H18ClFN6O2/c1-28-19(5-8-25-28)27-21-24-7-4-17(26-21)13-6-9-29(20(31)11-13)18(12-30)14-2-3-15(22)16(23)10-14/h2-11,18,30H,12H2,1H3,(H,24,26,27)/t18-/m0/s1. The molecule has 0 fully saturated rings. The average molecular weight is 441 g/mol. The molecule has 0 aliphatic carbocycles. The van der Waals surface area contributed by atoms with Gasteiger partial charge in [-0.1, -0.05) is 17.7 Å². The number of benzene rings is 1. The summed E-state index contributed by atoms with van der Waals surface area (Å²) in [7, 11) is 1.79. The molecule has 10 heteroatoms. The van der Waals surface area contributed by atoms with Crippen molar-refractivity contribution < 1.29 is 9.50 Å². The molecule has 0 aliphatic rings. The van der Waals surface area contributed by atoms with E-state index in [1.54, 1.807) is 54.6 Å². The Kier molecular flexibility index (Phi) is 5.79. The van der Waals surface area contributed by atoms with Gasteiger partial charge in [-0.2, -0.15) is 5.10 Å². The Morgan fingerprint density at radius 3 is 2.71 bits per heavy atom. The molecule has 0 amide bonds. The van der Waals surface area contributed by atoms with Crippen molar-refractivity contribution in [2.45, 2.75) is 6.04 Å². The van der Waals surface area contributed by atoms with E-state index in [-0.39, 0.29) is 17.2 Å². The van der Waals surface area contributed by atoms with Crippen LogP contribution in [0.15, 0.2) is 65.8 Å². The number of nitrogens with zero attached hydrogens (tertiary/aromatic N) is 5. The molecule has 1 aromatic carbocycles. The van der Waals surface area contributed by atoms with Crippen LogP contribution in [0.25, 0.3) is 11.3 Å². The van der Waals surface area contributed by atoms with Gasteiger partial charge in [-0.05, 0) is 29.8 Å². The summed E-state index contributed by atoms with van der Waals surface area (Å²) in [4.78, 5) is 21.4. The molecule has 0 unspecified atom stereocenters. The number of hydrogen-bond donors (Lipinski definition) is 2. The summed E-state index contributed by atoms with van der Waals surface area (Å²) in [5.74, 6) is 0.459. The van der Waals surface area contributed by atoms with Crippen LogP contribution in [0.2, 0.25) is 5.02 Å². The Hall–Kier alpha value is -3.56. The number of hydrogen-bond acceptors (Lipinski definition) is 6. The lowest BCUT2D eigenvalue weighted by Gasteiger charge is -2.18. The van der Waals surface area contributed by atoms with Gasteiger partial charge in [0.2, 0.25) is 5.95 Å². The second-order valence-electron chi connectivity index (χ2n) is 6.76. The van der Waals surface area contributed by atoms with E-state index in [1.165, 1.54) is 22.8 Å². The molecule has 4 rings (SSSR count). The quantitative estimate of drug-likeness (QED) is 0.478. The summed E-state index contributed by atoms with van der Waals surface area (Å²) in [6.45, 7) is -0.382. The Bertz CT molecular complexity index is 1290. The largest absolute Gasteiger partial charge is 0.394 e. The van der Waals surface area contributed by atoms with Crippen LogP contribution in [0.1, 0.15) is 11.6 Å². The monoisotopic (exact) mass is 440 g/mol. The highest BCUT2D eigenvalue weighted by Gasteiger charge is 2.16. The summed E-state index contributed by atoms with van der Waals surface area (Å²) in [5.41, 5.74) is 1.19. The molecule has 0 bridgehead atoms.